The molecule has 196 valence electrons. The van der Waals surface area contributed by atoms with Crippen molar-refractivity contribution in [3.8, 4) is 0 Å². The molecule has 4 rings (SSSR count). The third-order valence-corrected chi connectivity index (χ3v) is 8.50. The molecule has 0 amide bonds. The number of aryl methyl sites for hydroxylation is 1. The van der Waals surface area contributed by atoms with E-state index in [1.165, 1.54) is 31.0 Å². The van der Waals surface area contributed by atoms with Crippen molar-refractivity contribution in [2.45, 2.75) is 77.0 Å². The molecular weight excluding hydrogens is 460 g/mol. The van der Waals surface area contributed by atoms with Crippen LogP contribution in [0.15, 0.2) is 53.8 Å². The zero-order valence-electron chi connectivity index (χ0n) is 22.2. The van der Waals surface area contributed by atoms with Crippen LogP contribution in [0.4, 0.5) is 0 Å². The Kier molecular flexibility index (Phi) is 9.07. The van der Waals surface area contributed by atoms with E-state index in [-0.39, 0.29) is 29.2 Å². The van der Waals surface area contributed by atoms with Gasteiger partial charge in [0.2, 0.25) is 0 Å². The van der Waals surface area contributed by atoms with Crippen LogP contribution in [0.1, 0.15) is 92.1 Å². The Bertz CT molecular complexity index is 1120. The first-order valence-electron chi connectivity index (χ1n) is 13.9. The molecule has 2 unspecified atom stereocenters. The minimum atomic E-state index is -0.128. The highest BCUT2D eigenvalue weighted by Gasteiger charge is 2.30. The van der Waals surface area contributed by atoms with Gasteiger partial charge in [-0.05, 0) is 75.6 Å². The van der Waals surface area contributed by atoms with Gasteiger partial charge in [-0.25, -0.2) is 0 Å². The fraction of sp³-hybridized carbons (Fsp3) is 0.500. The topological polar surface area (TPSA) is 66.8 Å². The van der Waals surface area contributed by atoms with E-state index in [0.29, 0.717) is 38.0 Å². The minimum absolute atomic E-state index is 0.0694. The van der Waals surface area contributed by atoms with Crippen molar-refractivity contribution in [1.29, 1.82) is 0 Å². The normalized spacial score (nSPS) is 24.4. The van der Waals surface area contributed by atoms with Gasteiger partial charge in [0, 0.05) is 54.5 Å². The van der Waals surface area contributed by atoms with Crippen LogP contribution in [0.5, 0.6) is 0 Å². The standard InChI is InChI=1S/C32H40N2O3/c1-4-34(3)31(23-9-6-5-7-10-23)30(33-2)26-18-20-28-25(21-26)16-15-24(32(28)37)14-13-22-17-19-27(35)11-8-12-29(22)36/h4,8,11,18,20-24H,1-2,5-7,9-10,12-17,19H2,3H3/b11-8+,31-30-. The Morgan fingerprint density at radius 1 is 1.03 bits per heavy atom. The Morgan fingerprint density at radius 3 is 2.49 bits per heavy atom. The van der Waals surface area contributed by atoms with Gasteiger partial charge in [-0.1, -0.05) is 44.1 Å². The molecule has 0 heterocycles. The van der Waals surface area contributed by atoms with Crippen molar-refractivity contribution in [3.63, 3.8) is 0 Å². The van der Waals surface area contributed by atoms with E-state index in [4.69, 9.17) is 0 Å². The lowest BCUT2D eigenvalue weighted by molar-refractivity contribution is -0.123. The van der Waals surface area contributed by atoms with Gasteiger partial charge >= 0.3 is 0 Å². The number of hydrogen-bond acceptors (Lipinski definition) is 5. The second kappa shape index (κ2) is 12.4. The lowest BCUT2D eigenvalue weighted by atomic mass is 9.77. The van der Waals surface area contributed by atoms with Crippen molar-refractivity contribution >= 4 is 29.8 Å². The smallest absolute Gasteiger partial charge is 0.166 e. The molecule has 1 saturated carbocycles. The average Bonchev–Trinajstić information content (AvgIpc) is 2.91. The number of nitrogens with zero attached hydrogens (tertiary/aromatic N) is 2. The second-order valence-electron chi connectivity index (χ2n) is 10.8. The maximum absolute atomic E-state index is 13.4. The van der Waals surface area contributed by atoms with Gasteiger partial charge in [0.1, 0.15) is 5.78 Å². The minimum Gasteiger partial charge on any atom is -0.353 e. The molecule has 0 radical (unpaired) electrons. The Hall–Kier alpha value is -3.08. The molecule has 37 heavy (non-hydrogen) atoms. The Morgan fingerprint density at radius 2 is 1.76 bits per heavy atom. The summed E-state index contributed by atoms with van der Waals surface area (Å²) >= 11 is 0. The van der Waals surface area contributed by atoms with Crippen LogP contribution in [0.3, 0.4) is 0 Å². The highest BCUT2D eigenvalue weighted by molar-refractivity contribution is 6.00. The van der Waals surface area contributed by atoms with E-state index in [2.05, 4.69) is 29.3 Å². The monoisotopic (exact) mass is 500 g/mol. The summed E-state index contributed by atoms with van der Waals surface area (Å²) in [6, 6.07) is 6.10. The molecule has 0 bridgehead atoms. The van der Waals surface area contributed by atoms with Crippen LogP contribution in [-0.4, -0.2) is 36.0 Å². The highest BCUT2D eigenvalue weighted by Crippen LogP contribution is 2.38. The maximum Gasteiger partial charge on any atom is 0.166 e. The molecule has 0 N–H and O–H groups in total. The van der Waals surface area contributed by atoms with Gasteiger partial charge in [0.25, 0.3) is 0 Å². The lowest BCUT2D eigenvalue weighted by Gasteiger charge is -2.31. The van der Waals surface area contributed by atoms with E-state index in [9.17, 15) is 14.4 Å². The van der Waals surface area contributed by atoms with Gasteiger partial charge in [0.05, 0.1) is 5.70 Å². The molecule has 5 nitrogen and oxygen atoms in total. The zero-order chi connectivity index (χ0) is 26.4. The Labute approximate surface area is 221 Å². The third kappa shape index (κ3) is 6.26. The number of allylic oxidation sites excluding steroid dienone is 3. The fourth-order valence-corrected chi connectivity index (χ4v) is 6.33. The van der Waals surface area contributed by atoms with Crippen LogP contribution in [0.2, 0.25) is 0 Å². The highest BCUT2D eigenvalue weighted by atomic mass is 16.1. The summed E-state index contributed by atoms with van der Waals surface area (Å²) in [6.07, 6.45) is 15.4. The van der Waals surface area contributed by atoms with Gasteiger partial charge in [0.15, 0.2) is 11.6 Å². The van der Waals surface area contributed by atoms with Crippen LogP contribution in [0, 0.1) is 17.8 Å². The van der Waals surface area contributed by atoms with Crippen LogP contribution < -0.4 is 0 Å². The summed E-state index contributed by atoms with van der Waals surface area (Å²) < 4.78 is 0. The summed E-state index contributed by atoms with van der Waals surface area (Å²) in [7, 11) is 2.03. The summed E-state index contributed by atoms with van der Waals surface area (Å²) in [4.78, 5) is 44.3. The van der Waals surface area contributed by atoms with E-state index in [1.54, 1.807) is 6.08 Å². The van der Waals surface area contributed by atoms with E-state index in [0.717, 1.165) is 48.1 Å². The molecule has 0 spiro atoms. The third-order valence-electron chi connectivity index (χ3n) is 8.50. The van der Waals surface area contributed by atoms with Crippen molar-refractivity contribution in [2.75, 3.05) is 7.05 Å². The molecule has 1 aromatic carbocycles. The molecule has 0 aliphatic heterocycles. The van der Waals surface area contributed by atoms with Crippen molar-refractivity contribution in [3.05, 3.63) is 65.5 Å². The molecule has 3 aliphatic rings. The summed E-state index contributed by atoms with van der Waals surface area (Å²) in [5, 5.41) is 0. The molecular formula is C32H40N2O3. The van der Waals surface area contributed by atoms with Gasteiger partial charge in [-0.3, -0.25) is 19.4 Å². The van der Waals surface area contributed by atoms with E-state index >= 15 is 0 Å². The number of carbonyl (C=O) groups excluding carboxylic acids is 3. The molecule has 0 aromatic heterocycles. The van der Waals surface area contributed by atoms with Crippen molar-refractivity contribution in [2.24, 2.45) is 22.7 Å². The molecule has 2 atom stereocenters. The first-order valence-corrected chi connectivity index (χ1v) is 13.9. The van der Waals surface area contributed by atoms with Gasteiger partial charge in [-0.2, -0.15) is 0 Å². The van der Waals surface area contributed by atoms with Crippen molar-refractivity contribution < 1.29 is 14.4 Å². The largest absolute Gasteiger partial charge is 0.353 e. The molecule has 3 aliphatic carbocycles. The second-order valence-corrected chi connectivity index (χ2v) is 10.8. The van der Waals surface area contributed by atoms with E-state index in [1.807, 2.05) is 25.4 Å². The van der Waals surface area contributed by atoms with E-state index < -0.39 is 0 Å². The molecule has 0 saturated heterocycles. The molecule has 1 aromatic rings. The first kappa shape index (κ1) is 27.0. The predicted octanol–water partition coefficient (Wildman–Crippen LogP) is 6.73. The van der Waals surface area contributed by atoms with Crippen molar-refractivity contribution in [1.82, 2.24) is 4.90 Å². The molecule has 5 heteroatoms. The number of rotatable bonds is 8. The lowest BCUT2D eigenvalue weighted by Crippen LogP contribution is -2.25. The zero-order valence-corrected chi connectivity index (χ0v) is 22.2. The number of aliphatic imine (C=N–C) groups is 1. The summed E-state index contributed by atoms with van der Waals surface area (Å²) in [5.41, 5.74) is 4.93. The van der Waals surface area contributed by atoms with Crippen LogP contribution in [-0.2, 0) is 16.0 Å². The number of benzene rings is 1. The number of carbonyl (C=O) groups is 3. The van der Waals surface area contributed by atoms with Gasteiger partial charge < -0.3 is 4.90 Å². The predicted molar refractivity (Wildman–Crippen MR) is 149 cm³/mol. The SMILES string of the molecule is C=CN(C)/C(=C(\N=C)c1ccc2c(c1)CCC(CCC1CCC(=O)/C=C/CC1=O)C2=O)C1CCCCC1. The van der Waals surface area contributed by atoms with Crippen LogP contribution >= 0.6 is 0 Å². The summed E-state index contributed by atoms with van der Waals surface area (Å²) in [6.45, 7) is 7.90. The summed E-state index contributed by atoms with van der Waals surface area (Å²) in [5.74, 6) is 0.684. The Balaban J connectivity index is 1.52. The maximum atomic E-state index is 13.4. The van der Waals surface area contributed by atoms with Gasteiger partial charge in [-0.15, -0.1) is 0 Å². The average molecular weight is 501 g/mol. The fourth-order valence-electron chi connectivity index (χ4n) is 6.33. The number of Topliss-reactive ketones (excluding diaryl/α,β-unsaturated/α-hetero) is 2. The van der Waals surface area contributed by atoms with Crippen LogP contribution in [0.25, 0.3) is 5.70 Å². The number of fused-ring (bicyclic) bond motifs is 1. The first-order chi connectivity index (χ1) is 17.9. The number of hydrogen-bond donors (Lipinski definition) is 0. The molecule has 1 fully saturated rings. The number of ketones is 3. The quantitative estimate of drug-likeness (QED) is 0.371.